The lowest BCUT2D eigenvalue weighted by Crippen LogP contribution is -2.23. The number of rotatable bonds is 1. The molecule has 0 spiro atoms. The van der Waals surface area contributed by atoms with Gasteiger partial charge in [-0.3, -0.25) is 0 Å². The van der Waals surface area contributed by atoms with E-state index in [9.17, 15) is 9.90 Å². The summed E-state index contributed by atoms with van der Waals surface area (Å²) >= 11 is 0. The molecule has 0 atom stereocenters. The molecular weight excluding hydrogens is 244 g/mol. The van der Waals surface area contributed by atoms with E-state index in [1.54, 1.807) is 46.8 Å². The molecule has 0 saturated carbocycles. The van der Waals surface area contributed by atoms with E-state index in [0.717, 1.165) is 5.56 Å². The number of fused-ring (bicyclic) bond motifs is 1. The van der Waals surface area contributed by atoms with Crippen LogP contribution in [0.4, 0.5) is 0 Å². The molecule has 19 heavy (non-hydrogen) atoms. The van der Waals surface area contributed by atoms with Gasteiger partial charge in [0.25, 0.3) is 0 Å². The Hall–Kier alpha value is -1.97. The van der Waals surface area contributed by atoms with Crippen LogP contribution in [0.5, 0.6) is 5.75 Å². The van der Waals surface area contributed by atoms with Gasteiger partial charge < -0.3 is 14.3 Å². The van der Waals surface area contributed by atoms with Crippen molar-refractivity contribution in [1.29, 1.82) is 0 Å². The molecule has 102 valence electrons. The van der Waals surface area contributed by atoms with Crippen LogP contribution < -0.4 is 0 Å². The Labute approximate surface area is 112 Å². The molecule has 4 heteroatoms. The van der Waals surface area contributed by atoms with Gasteiger partial charge in [-0.25, -0.2) is 4.79 Å². The van der Waals surface area contributed by atoms with Gasteiger partial charge in [0.05, 0.1) is 5.39 Å². The van der Waals surface area contributed by atoms with E-state index >= 15 is 0 Å². The summed E-state index contributed by atoms with van der Waals surface area (Å²) in [4.78, 5) is 12.0. The Morgan fingerprint density at radius 3 is 2.47 bits per heavy atom. The highest BCUT2D eigenvalue weighted by atomic mass is 16.6. The number of aryl methyl sites for hydroxylation is 2. The number of furan rings is 1. The van der Waals surface area contributed by atoms with Crippen LogP contribution in [-0.2, 0) is 4.74 Å². The van der Waals surface area contributed by atoms with E-state index in [4.69, 9.17) is 9.15 Å². The molecule has 0 amide bonds. The van der Waals surface area contributed by atoms with Crippen molar-refractivity contribution < 1.29 is 19.1 Å². The molecule has 2 aromatic rings. The molecule has 0 aliphatic carbocycles. The van der Waals surface area contributed by atoms with Crippen LogP contribution in [0.2, 0.25) is 0 Å². The van der Waals surface area contributed by atoms with E-state index in [1.165, 1.54) is 0 Å². The van der Waals surface area contributed by atoms with Gasteiger partial charge in [0, 0.05) is 5.56 Å². The lowest BCUT2D eigenvalue weighted by atomic mass is 10.1. The van der Waals surface area contributed by atoms with Gasteiger partial charge in [0.15, 0.2) is 0 Å². The van der Waals surface area contributed by atoms with Gasteiger partial charge in [-0.15, -0.1) is 0 Å². The smallest absolute Gasteiger partial charge is 0.375 e. The number of ether oxygens (including phenoxy) is 1. The lowest BCUT2D eigenvalue weighted by molar-refractivity contribution is 0.00372. The molecule has 0 unspecified atom stereocenters. The third kappa shape index (κ3) is 2.43. The van der Waals surface area contributed by atoms with Crippen molar-refractivity contribution in [2.24, 2.45) is 0 Å². The monoisotopic (exact) mass is 262 g/mol. The molecule has 1 aromatic heterocycles. The Balaban J connectivity index is 2.55. The normalized spacial score (nSPS) is 11.8. The summed E-state index contributed by atoms with van der Waals surface area (Å²) in [5.41, 5.74) is 1.25. The second kappa shape index (κ2) is 4.30. The predicted octanol–water partition coefficient (Wildman–Crippen LogP) is 3.71. The Morgan fingerprint density at radius 1 is 1.26 bits per heavy atom. The highest BCUT2D eigenvalue weighted by Gasteiger charge is 2.25. The number of aromatic hydroxyl groups is 1. The van der Waals surface area contributed by atoms with Crippen LogP contribution >= 0.6 is 0 Å². The number of benzene rings is 1. The predicted molar refractivity (Wildman–Crippen MR) is 72.5 cm³/mol. The van der Waals surface area contributed by atoms with Crippen molar-refractivity contribution in [2.75, 3.05) is 0 Å². The van der Waals surface area contributed by atoms with Gasteiger partial charge >= 0.3 is 5.97 Å². The molecule has 0 saturated heterocycles. The lowest BCUT2D eigenvalue weighted by Gasteiger charge is -2.18. The summed E-state index contributed by atoms with van der Waals surface area (Å²) in [6.45, 7) is 8.93. The van der Waals surface area contributed by atoms with Crippen LogP contribution in [-0.4, -0.2) is 16.7 Å². The average Bonchev–Trinajstić information content (AvgIpc) is 2.60. The SMILES string of the molecule is Cc1ccc2oc(C(=O)OC(C)(C)C)c(C)c2c1O. The van der Waals surface area contributed by atoms with E-state index in [-0.39, 0.29) is 11.5 Å². The van der Waals surface area contributed by atoms with Crippen molar-refractivity contribution in [3.05, 3.63) is 29.0 Å². The number of carbonyl (C=O) groups excluding carboxylic acids is 1. The summed E-state index contributed by atoms with van der Waals surface area (Å²) in [5.74, 6) is -0.224. The topological polar surface area (TPSA) is 59.7 Å². The second-order valence-electron chi connectivity index (χ2n) is 5.66. The summed E-state index contributed by atoms with van der Waals surface area (Å²) in [6, 6.07) is 3.49. The first-order chi connectivity index (χ1) is 8.70. The van der Waals surface area contributed by atoms with Crippen LogP contribution in [0.1, 0.15) is 42.5 Å². The molecule has 0 aliphatic heterocycles. The maximum Gasteiger partial charge on any atom is 0.375 e. The van der Waals surface area contributed by atoms with Gasteiger partial charge in [0.1, 0.15) is 16.9 Å². The first-order valence-electron chi connectivity index (χ1n) is 6.15. The Morgan fingerprint density at radius 2 is 1.89 bits per heavy atom. The van der Waals surface area contributed by atoms with Crippen molar-refractivity contribution in [3.63, 3.8) is 0 Å². The summed E-state index contributed by atoms with van der Waals surface area (Å²) in [6.07, 6.45) is 0. The number of carbonyl (C=O) groups is 1. The number of esters is 1. The first kappa shape index (κ1) is 13.5. The van der Waals surface area contributed by atoms with Crippen LogP contribution in [0.3, 0.4) is 0 Å². The average molecular weight is 262 g/mol. The number of phenols is 1. The van der Waals surface area contributed by atoms with Crippen molar-refractivity contribution in [1.82, 2.24) is 0 Å². The van der Waals surface area contributed by atoms with E-state index in [2.05, 4.69) is 0 Å². The molecule has 0 radical (unpaired) electrons. The fourth-order valence-corrected chi connectivity index (χ4v) is 1.94. The van der Waals surface area contributed by atoms with Crippen LogP contribution in [0, 0.1) is 13.8 Å². The van der Waals surface area contributed by atoms with Crippen molar-refractivity contribution in [3.8, 4) is 5.75 Å². The molecule has 1 heterocycles. The maximum absolute atomic E-state index is 12.0. The third-order valence-corrected chi connectivity index (χ3v) is 2.85. The summed E-state index contributed by atoms with van der Waals surface area (Å²) < 4.78 is 10.8. The van der Waals surface area contributed by atoms with Gasteiger partial charge in [-0.2, -0.15) is 0 Å². The Kier molecular flexibility index (Phi) is 3.04. The van der Waals surface area contributed by atoms with Crippen molar-refractivity contribution in [2.45, 2.75) is 40.2 Å². The standard InChI is InChI=1S/C15H18O4/c1-8-6-7-10-11(12(8)16)9(2)13(18-10)14(17)19-15(3,4)5/h6-7,16H,1-5H3. The highest BCUT2D eigenvalue weighted by Crippen LogP contribution is 2.35. The van der Waals surface area contributed by atoms with E-state index in [1.807, 2.05) is 0 Å². The zero-order valence-corrected chi connectivity index (χ0v) is 11.8. The van der Waals surface area contributed by atoms with Crippen LogP contribution in [0.25, 0.3) is 11.0 Å². The van der Waals surface area contributed by atoms with Gasteiger partial charge in [-0.1, -0.05) is 6.07 Å². The quantitative estimate of drug-likeness (QED) is 0.796. The molecule has 0 aliphatic rings. The zero-order chi connectivity index (χ0) is 14.4. The second-order valence-corrected chi connectivity index (χ2v) is 5.66. The fourth-order valence-electron chi connectivity index (χ4n) is 1.94. The van der Waals surface area contributed by atoms with Gasteiger partial charge in [0.2, 0.25) is 5.76 Å². The molecule has 2 rings (SSSR count). The molecule has 1 N–H and O–H groups in total. The molecule has 4 nitrogen and oxygen atoms in total. The molecule has 0 fully saturated rings. The number of hydrogen-bond donors (Lipinski definition) is 1. The zero-order valence-electron chi connectivity index (χ0n) is 11.8. The number of hydrogen-bond acceptors (Lipinski definition) is 4. The van der Waals surface area contributed by atoms with Gasteiger partial charge in [-0.05, 0) is 46.2 Å². The Bertz CT molecular complexity index is 644. The third-order valence-electron chi connectivity index (χ3n) is 2.85. The van der Waals surface area contributed by atoms with E-state index in [0.29, 0.717) is 16.5 Å². The van der Waals surface area contributed by atoms with Crippen LogP contribution in [0.15, 0.2) is 16.5 Å². The molecule has 1 aromatic carbocycles. The molecule has 0 bridgehead atoms. The summed E-state index contributed by atoms with van der Waals surface area (Å²) in [7, 11) is 0. The fraction of sp³-hybridized carbons (Fsp3) is 0.400. The number of phenolic OH excluding ortho intramolecular Hbond substituents is 1. The maximum atomic E-state index is 12.0. The van der Waals surface area contributed by atoms with Crippen molar-refractivity contribution >= 4 is 16.9 Å². The highest BCUT2D eigenvalue weighted by molar-refractivity contribution is 5.98. The molecular formula is C15H18O4. The largest absolute Gasteiger partial charge is 0.507 e. The minimum Gasteiger partial charge on any atom is -0.507 e. The van der Waals surface area contributed by atoms with E-state index < -0.39 is 11.6 Å². The minimum absolute atomic E-state index is 0.144. The minimum atomic E-state index is -0.583. The first-order valence-corrected chi connectivity index (χ1v) is 6.15. The summed E-state index contributed by atoms with van der Waals surface area (Å²) in [5, 5.41) is 10.6.